The summed E-state index contributed by atoms with van der Waals surface area (Å²) < 4.78 is 5.35. The molecule has 5 heteroatoms. The van der Waals surface area contributed by atoms with Crippen molar-refractivity contribution in [2.45, 2.75) is 50.7 Å². The Balaban J connectivity index is 1.64. The van der Waals surface area contributed by atoms with Crippen LogP contribution in [-0.4, -0.2) is 49.0 Å². The Labute approximate surface area is 115 Å². The van der Waals surface area contributed by atoms with E-state index in [2.05, 4.69) is 10.6 Å². The molecule has 0 aromatic rings. The summed E-state index contributed by atoms with van der Waals surface area (Å²) in [7, 11) is 0. The second-order valence-corrected chi connectivity index (χ2v) is 5.88. The maximum Gasteiger partial charge on any atom is 0.220 e. The molecule has 0 bridgehead atoms. The average molecular weight is 270 g/mol. The van der Waals surface area contributed by atoms with Gasteiger partial charge in [0, 0.05) is 26.0 Å². The lowest BCUT2D eigenvalue weighted by atomic mass is 9.93. The maximum atomic E-state index is 11.8. The van der Waals surface area contributed by atoms with Gasteiger partial charge in [0.15, 0.2) is 0 Å². The number of amides is 1. The molecule has 110 valence electrons. The zero-order chi connectivity index (χ0) is 13.7. The first kappa shape index (κ1) is 14.8. The van der Waals surface area contributed by atoms with Crippen molar-refractivity contribution in [3.8, 4) is 0 Å². The van der Waals surface area contributed by atoms with Gasteiger partial charge in [-0.3, -0.25) is 4.79 Å². The van der Waals surface area contributed by atoms with Crippen molar-refractivity contribution in [2.75, 3.05) is 26.2 Å². The largest absolute Gasteiger partial charge is 0.385 e. The van der Waals surface area contributed by atoms with Gasteiger partial charge in [-0.2, -0.15) is 0 Å². The van der Waals surface area contributed by atoms with Crippen LogP contribution in [0.25, 0.3) is 0 Å². The van der Waals surface area contributed by atoms with Gasteiger partial charge in [0.25, 0.3) is 0 Å². The van der Waals surface area contributed by atoms with Crippen molar-refractivity contribution in [3.05, 3.63) is 0 Å². The van der Waals surface area contributed by atoms with E-state index in [0.717, 1.165) is 19.5 Å². The third kappa shape index (κ3) is 4.16. The fourth-order valence-corrected chi connectivity index (χ4v) is 2.85. The lowest BCUT2D eigenvalue weighted by molar-refractivity contribution is -0.123. The number of nitrogens with one attached hydrogen (secondary N) is 2. The Morgan fingerprint density at radius 2 is 2.21 bits per heavy atom. The van der Waals surface area contributed by atoms with E-state index in [1.54, 1.807) is 0 Å². The molecule has 3 N–H and O–H groups in total. The van der Waals surface area contributed by atoms with E-state index in [-0.39, 0.29) is 12.0 Å². The summed E-state index contributed by atoms with van der Waals surface area (Å²) in [4.78, 5) is 11.8. The van der Waals surface area contributed by atoms with Crippen LogP contribution in [0, 0.1) is 5.92 Å². The highest BCUT2D eigenvalue weighted by molar-refractivity contribution is 5.75. The van der Waals surface area contributed by atoms with Crippen LogP contribution in [0.15, 0.2) is 0 Å². The highest BCUT2D eigenvalue weighted by atomic mass is 16.5. The molecule has 0 spiro atoms. The molecule has 1 amide bonds. The summed E-state index contributed by atoms with van der Waals surface area (Å²) in [5, 5.41) is 16.5. The predicted octanol–water partition coefficient (Wildman–Crippen LogP) is 0.422. The fraction of sp³-hybridized carbons (Fsp3) is 0.929. The van der Waals surface area contributed by atoms with Crippen molar-refractivity contribution in [2.24, 2.45) is 5.92 Å². The molecule has 2 fully saturated rings. The smallest absolute Gasteiger partial charge is 0.220 e. The minimum atomic E-state index is -0.885. The van der Waals surface area contributed by atoms with Crippen LogP contribution >= 0.6 is 0 Å². The third-order valence-corrected chi connectivity index (χ3v) is 4.49. The molecule has 19 heavy (non-hydrogen) atoms. The van der Waals surface area contributed by atoms with Gasteiger partial charge in [0.05, 0.1) is 6.10 Å². The van der Waals surface area contributed by atoms with Gasteiger partial charge in [-0.05, 0) is 45.2 Å². The second-order valence-electron chi connectivity index (χ2n) is 5.88. The van der Waals surface area contributed by atoms with Crippen LogP contribution in [0.1, 0.15) is 39.0 Å². The summed E-state index contributed by atoms with van der Waals surface area (Å²) in [5.74, 6) is 0.717. The van der Waals surface area contributed by atoms with Crippen molar-refractivity contribution in [3.63, 3.8) is 0 Å². The summed E-state index contributed by atoms with van der Waals surface area (Å²) in [6.07, 6.45) is 4.26. The first-order valence-corrected chi connectivity index (χ1v) is 7.41. The molecular weight excluding hydrogens is 244 g/mol. The quantitative estimate of drug-likeness (QED) is 0.677. The molecule has 0 radical (unpaired) electrons. The van der Waals surface area contributed by atoms with Gasteiger partial charge in [-0.15, -0.1) is 0 Å². The Hall–Kier alpha value is -0.650. The monoisotopic (exact) mass is 270 g/mol. The summed E-state index contributed by atoms with van der Waals surface area (Å²) >= 11 is 0. The zero-order valence-electron chi connectivity index (χ0n) is 11.8. The number of aliphatic hydroxyl groups is 1. The molecule has 2 atom stereocenters. The third-order valence-electron chi connectivity index (χ3n) is 4.49. The van der Waals surface area contributed by atoms with Gasteiger partial charge in [-0.1, -0.05) is 0 Å². The Kier molecular flexibility index (Phi) is 5.19. The Morgan fingerprint density at radius 3 is 2.84 bits per heavy atom. The highest BCUT2D eigenvalue weighted by Gasteiger charge is 2.39. The Bertz CT molecular complexity index is 305. The molecule has 2 saturated heterocycles. The van der Waals surface area contributed by atoms with Crippen LogP contribution in [-0.2, 0) is 9.53 Å². The predicted molar refractivity (Wildman–Crippen MR) is 72.8 cm³/mol. The second kappa shape index (κ2) is 6.68. The van der Waals surface area contributed by atoms with E-state index < -0.39 is 5.60 Å². The molecule has 2 aliphatic rings. The van der Waals surface area contributed by atoms with E-state index in [0.29, 0.717) is 31.9 Å². The van der Waals surface area contributed by atoms with E-state index in [1.807, 2.05) is 6.92 Å². The fourth-order valence-electron chi connectivity index (χ4n) is 2.85. The molecule has 0 aromatic carbocycles. The van der Waals surface area contributed by atoms with Crippen LogP contribution in [0.3, 0.4) is 0 Å². The minimum Gasteiger partial charge on any atom is -0.385 e. The van der Waals surface area contributed by atoms with E-state index in [9.17, 15) is 9.90 Å². The first-order valence-electron chi connectivity index (χ1n) is 7.41. The SMILES string of the molecule is CC1OCCC1(O)CNC(=O)CCC1CCNCC1. The van der Waals surface area contributed by atoms with Crippen LogP contribution in [0.2, 0.25) is 0 Å². The lowest BCUT2D eigenvalue weighted by Crippen LogP contribution is -2.47. The van der Waals surface area contributed by atoms with Crippen LogP contribution in [0.5, 0.6) is 0 Å². The van der Waals surface area contributed by atoms with Gasteiger partial charge in [-0.25, -0.2) is 0 Å². The number of ether oxygens (including phenoxy) is 1. The van der Waals surface area contributed by atoms with Crippen molar-refractivity contribution < 1.29 is 14.6 Å². The molecule has 0 aromatic heterocycles. The molecule has 0 saturated carbocycles. The lowest BCUT2D eigenvalue weighted by Gasteiger charge is -2.26. The van der Waals surface area contributed by atoms with Gasteiger partial charge >= 0.3 is 0 Å². The van der Waals surface area contributed by atoms with Gasteiger partial charge < -0.3 is 20.5 Å². The number of rotatable bonds is 5. The summed E-state index contributed by atoms with van der Waals surface area (Å²) in [5.41, 5.74) is -0.885. The van der Waals surface area contributed by atoms with E-state index >= 15 is 0 Å². The van der Waals surface area contributed by atoms with Crippen LogP contribution in [0.4, 0.5) is 0 Å². The zero-order valence-corrected chi connectivity index (χ0v) is 11.8. The summed E-state index contributed by atoms with van der Waals surface area (Å²) in [6.45, 7) is 4.87. The first-order chi connectivity index (χ1) is 9.10. The summed E-state index contributed by atoms with van der Waals surface area (Å²) in [6, 6.07) is 0. The van der Waals surface area contributed by atoms with Crippen molar-refractivity contribution in [1.29, 1.82) is 0 Å². The van der Waals surface area contributed by atoms with Gasteiger partial charge in [0.1, 0.15) is 5.60 Å². The van der Waals surface area contributed by atoms with Crippen molar-refractivity contribution >= 4 is 5.91 Å². The standard InChI is InChI=1S/C14H26N2O3/c1-11-14(18,6-9-19-11)10-16-13(17)3-2-12-4-7-15-8-5-12/h11-12,15,18H,2-10H2,1H3,(H,16,17). The molecule has 2 rings (SSSR count). The van der Waals surface area contributed by atoms with Gasteiger partial charge in [0.2, 0.25) is 5.91 Å². The van der Waals surface area contributed by atoms with Crippen LogP contribution < -0.4 is 10.6 Å². The van der Waals surface area contributed by atoms with E-state index in [4.69, 9.17) is 4.74 Å². The number of carbonyl (C=O) groups is 1. The number of hydrogen-bond acceptors (Lipinski definition) is 4. The number of hydrogen-bond donors (Lipinski definition) is 3. The average Bonchev–Trinajstić information content (AvgIpc) is 2.76. The van der Waals surface area contributed by atoms with E-state index in [1.165, 1.54) is 12.8 Å². The molecule has 0 aliphatic carbocycles. The molecule has 2 unspecified atom stereocenters. The maximum absolute atomic E-state index is 11.8. The minimum absolute atomic E-state index is 0.0473. The number of piperidine rings is 1. The Morgan fingerprint density at radius 1 is 1.47 bits per heavy atom. The number of carbonyl (C=O) groups excluding carboxylic acids is 1. The van der Waals surface area contributed by atoms with Crippen molar-refractivity contribution in [1.82, 2.24) is 10.6 Å². The highest BCUT2D eigenvalue weighted by Crippen LogP contribution is 2.24. The molecular formula is C14H26N2O3. The molecule has 2 heterocycles. The normalized spacial score (nSPS) is 32.4. The molecule has 2 aliphatic heterocycles. The molecule has 5 nitrogen and oxygen atoms in total. The topological polar surface area (TPSA) is 70.6 Å².